The summed E-state index contributed by atoms with van der Waals surface area (Å²) in [6.07, 6.45) is -1.30. The van der Waals surface area contributed by atoms with E-state index in [4.69, 9.17) is 9.47 Å². The van der Waals surface area contributed by atoms with Crippen molar-refractivity contribution in [2.24, 2.45) is 0 Å². The van der Waals surface area contributed by atoms with Gasteiger partial charge < -0.3 is 9.47 Å². The fraction of sp³-hybridized carbons (Fsp3) is 0.280. The van der Waals surface area contributed by atoms with Crippen molar-refractivity contribution < 1.29 is 27.4 Å². The van der Waals surface area contributed by atoms with E-state index in [9.17, 15) is 18.0 Å². The maximum atomic E-state index is 12.8. The number of ether oxygens (including phenoxy) is 2. The third-order valence-corrected chi connectivity index (χ3v) is 4.35. The van der Waals surface area contributed by atoms with Gasteiger partial charge in [0.05, 0.1) is 12.2 Å². The molecule has 35 heavy (non-hydrogen) atoms. The summed E-state index contributed by atoms with van der Waals surface area (Å²) in [6.45, 7) is 9.91. The molecule has 7 nitrogen and oxygen atoms in total. The minimum atomic E-state index is -4.43. The molecule has 3 heterocycles. The van der Waals surface area contributed by atoms with E-state index < -0.39 is 17.7 Å². The van der Waals surface area contributed by atoms with Crippen molar-refractivity contribution in [3.63, 3.8) is 0 Å². The first-order valence-corrected chi connectivity index (χ1v) is 11.2. The van der Waals surface area contributed by atoms with Crippen molar-refractivity contribution in [2.75, 3.05) is 6.61 Å². The molecule has 0 bridgehead atoms. The topological polar surface area (TPSA) is 78.6 Å². The van der Waals surface area contributed by atoms with Gasteiger partial charge in [0.25, 0.3) is 0 Å². The van der Waals surface area contributed by atoms with Crippen LogP contribution in [0.25, 0.3) is 16.8 Å². The Morgan fingerprint density at radius 2 is 1.69 bits per heavy atom. The number of fused-ring (bicyclic) bond motifs is 1. The Hall–Kier alpha value is -3.95. The maximum Gasteiger partial charge on any atom is 0.416 e. The van der Waals surface area contributed by atoms with E-state index in [2.05, 4.69) is 15.2 Å². The highest BCUT2D eigenvalue weighted by molar-refractivity contribution is 5.86. The summed E-state index contributed by atoms with van der Waals surface area (Å²) in [6, 6.07) is 11.2. The van der Waals surface area contributed by atoms with Crippen LogP contribution >= 0.6 is 0 Å². The molecule has 0 unspecified atom stereocenters. The molecule has 10 heteroatoms. The molecule has 0 radical (unpaired) electrons. The maximum absolute atomic E-state index is 12.8. The second-order valence-corrected chi connectivity index (χ2v) is 6.37. The van der Waals surface area contributed by atoms with Crippen molar-refractivity contribution in [3.05, 3.63) is 72.3 Å². The molecule has 0 aliphatic heterocycles. The Labute approximate surface area is 201 Å². The molecule has 4 rings (SSSR count). The van der Waals surface area contributed by atoms with Gasteiger partial charge in [-0.2, -0.15) is 13.2 Å². The van der Waals surface area contributed by atoms with Crippen LogP contribution in [0.4, 0.5) is 13.2 Å². The minimum Gasteiger partial charge on any atom is -0.460 e. The van der Waals surface area contributed by atoms with Crippen LogP contribution < -0.4 is 4.74 Å². The van der Waals surface area contributed by atoms with Crippen molar-refractivity contribution >= 4 is 11.6 Å². The van der Waals surface area contributed by atoms with Gasteiger partial charge in [0, 0.05) is 18.0 Å². The molecule has 4 aromatic rings. The molecule has 0 atom stereocenters. The van der Waals surface area contributed by atoms with E-state index in [1.807, 2.05) is 27.7 Å². The molecule has 0 saturated carbocycles. The fourth-order valence-corrected chi connectivity index (χ4v) is 2.91. The zero-order valence-corrected chi connectivity index (χ0v) is 20.1. The molecule has 0 N–H and O–H groups in total. The number of carbonyl (C=O) groups is 1. The van der Waals surface area contributed by atoms with Crippen LogP contribution in [0.5, 0.6) is 11.6 Å². The summed E-state index contributed by atoms with van der Waals surface area (Å²) in [5.74, 6) is -0.121. The van der Waals surface area contributed by atoms with Gasteiger partial charge in [0.1, 0.15) is 5.75 Å². The lowest BCUT2D eigenvalue weighted by atomic mass is 10.1. The largest absolute Gasteiger partial charge is 0.460 e. The highest BCUT2D eigenvalue weighted by Crippen LogP contribution is 2.34. The smallest absolute Gasteiger partial charge is 0.416 e. The number of halogens is 3. The van der Waals surface area contributed by atoms with Gasteiger partial charge in [-0.05, 0) is 61.0 Å². The number of pyridine rings is 2. The Kier molecular flexibility index (Phi) is 9.74. The molecule has 0 aliphatic rings. The Balaban J connectivity index is 0.00000103. The van der Waals surface area contributed by atoms with E-state index in [1.54, 1.807) is 37.4 Å². The van der Waals surface area contributed by atoms with Crippen LogP contribution in [-0.2, 0) is 10.9 Å². The third-order valence-electron chi connectivity index (χ3n) is 4.35. The minimum absolute atomic E-state index is 0.0517. The van der Waals surface area contributed by atoms with Gasteiger partial charge in [0.2, 0.25) is 11.7 Å². The van der Waals surface area contributed by atoms with Crippen molar-refractivity contribution in [1.29, 1.82) is 0 Å². The molecule has 3 aromatic heterocycles. The Morgan fingerprint density at radius 1 is 1.00 bits per heavy atom. The molecular weight excluding hydrogens is 461 g/mol. The van der Waals surface area contributed by atoms with Gasteiger partial charge >= 0.3 is 12.1 Å². The van der Waals surface area contributed by atoms with E-state index in [-0.39, 0.29) is 24.1 Å². The summed E-state index contributed by atoms with van der Waals surface area (Å²) in [5.41, 5.74) is 0.900. The molecule has 1 aromatic carbocycles. The first kappa shape index (κ1) is 27.3. The Morgan fingerprint density at radius 3 is 2.31 bits per heavy atom. The Bertz CT molecular complexity index is 1240. The van der Waals surface area contributed by atoms with Gasteiger partial charge in [-0.25, -0.2) is 9.78 Å². The third kappa shape index (κ3) is 6.56. The standard InChI is InChI=1S/C21H15F3N4O3.2C2H6/c1-2-30-20(29)18-27-26-17-12-13(9-11-28(17)18)16-4-3-10-25-19(16)31-15-7-5-14(6-8-15)21(22,23)24;2*1-2/h3-12H,2H2,1H3;2*1-2H3. The van der Waals surface area contributed by atoms with Crippen LogP contribution in [0.1, 0.15) is 50.8 Å². The van der Waals surface area contributed by atoms with Crippen LogP contribution in [0.3, 0.4) is 0 Å². The number of benzene rings is 1. The summed E-state index contributed by atoms with van der Waals surface area (Å²) < 4.78 is 50.5. The normalized spacial score (nSPS) is 10.5. The highest BCUT2D eigenvalue weighted by Gasteiger charge is 2.30. The number of hydrogen-bond acceptors (Lipinski definition) is 6. The van der Waals surface area contributed by atoms with E-state index in [1.165, 1.54) is 22.7 Å². The molecule has 186 valence electrons. The van der Waals surface area contributed by atoms with Gasteiger partial charge in [-0.15, -0.1) is 10.2 Å². The predicted octanol–water partition coefficient (Wildman–Crippen LogP) is 6.83. The summed E-state index contributed by atoms with van der Waals surface area (Å²) in [7, 11) is 0. The summed E-state index contributed by atoms with van der Waals surface area (Å²) in [4.78, 5) is 16.2. The molecular formula is C25H27F3N4O3. The van der Waals surface area contributed by atoms with Crippen molar-refractivity contribution in [1.82, 2.24) is 19.6 Å². The van der Waals surface area contributed by atoms with Gasteiger partial charge in [-0.1, -0.05) is 27.7 Å². The summed E-state index contributed by atoms with van der Waals surface area (Å²) >= 11 is 0. The van der Waals surface area contributed by atoms with Crippen molar-refractivity contribution in [2.45, 2.75) is 40.8 Å². The lowest BCUT2D eigenvalue weighted by Crippen LogP contribution is -2.09. The number of rotatable bonds is 5. The second kappa shape index (κ2) is 12.5. The summed E-state index contributed by atoms with van der Waals surface area (Å²) in [5, 5.41) is 7.87. The van der Waals surface area contributed by atoms with E-state index in [0.29, 0.717) is 16.8 Å². The van der Waals surface area contributed by atoms with Gasteiger partial charge in [0.15, 0.2) is 5.65 Å². The lowest BCUT2D eigenvalue weighted by molar-refractivity contribution is -0.137. The first-order valence-electron chi connectivity index (χ1n) is 11.2. The first-order chi connectivity index (χ1) is 16.9. The molecule has 0 aliphatic carbocycles. The highest BCUT2D eigenvalue weighted by atomic mass is 19.4. The van der Waals surface area contributed by atoms with Crippen LogP contribution in [0.2, 0.25) is 0 Å². The van der Waals surface area contributed by atoms with E-state index in [0.717, 1.165) is 12.1 Å². The molecule has 0 spiro atoms. The lowest BCUT2D eigenvalue weighted by Gasteiger charge is -2.11. The predicted molar refractivity (Wildman–Crippen MR) is 126 cm³/mol. The molecule has 0 amide bonds. The number of hydrogen-bond donors (Lipinski definition) is 0. The monoisotopic (exact) mass is 488 g/mol. The quantitative estimate of drug-likeness (QED) is 0.287. The van der Waals surface area contributed by atoms with Crippen LogP contribution in [0, 0.1) is 0 Å². The van der Waals surface area contributed by atoms with Crippen molar-refractivity contribution in [3.8, 4) is 22.8 Å². The number of nitrogens with zero attached hydrogens (tertiary/aromatic N) is 4. The molecule has 0 fully saturated rings. The number of carbonyl (C=O) groups excluding carboxylic acids is 1. The van der Waals surface area contributed by atoms with Gasteiger partial charge in [-0.3, -0.25) is 4.40 Å². The number of esters is 1. The fourth-order valence-electron chi connectivity index (χ4n) is 2.91. The zero-order chi connectivity index (χ0) is 26.0. The van der Waals surface area contributed by atoms with Crippen LogP contribution in [-0.4, -0.2) is 32.2 Å². The average Bonchev–Trinajstić information content (AvgIpc) is 3.30. The number of aromatic nitrogens is 4. The van der Waals surface area contributed by atoms with Crippen LogP contribution in [0.15, 0.2) is 60.9 Å². The SMILES string of the molecule is CC.CC.CCOC(=O)c1nnc2cc(-c3cccnc3Oc3ccc(C(F)(F)F)cc3)ccn12. The average molecular weight is 489 g/mol. The number of alkyl halides is 3. The van der Waals surface area contributed by atoms with E-state index >= 15 is 0 Å². The molecule has 0 saturated heterocycles. The second-order valence-electron chi connectivity index (χ2n) is 6.37. The zero-order valence-electron chi connectivity index (χ0n) is 20.1.